The molecule has 1 N–H and O–H groups in total. The molecule has 2 fully saturated rings. The number of alkyl halides is 3. The van der Waals surface area contributed by atoms with Gasteiger partial charge in [0.25, 0.3) is 0 Å². The highest BCUT2D eigenvalue weighted by atomic mass is 19.4. The highest BCUT2D eigenvalue weighted by Gasteiger charge is 2.42. The van der Waals surface area contributed by atoms with Gasteiger partial charge < -0.3 is 5.32 Å². The first-order chi connectivity index (χ1) is 8.88. The first-order valence-corrected chi connectivity index (χ1v) is 7.39. The minimum atomic E-state index is -4.08. The summed E-state index contributed by atoms with van der Waals surface area (Å²) in [4.78, 5) is 2.08. The van der Waals surface area contributed by atoms with Gasteiger partial charge in [0.15, 0.2) is 0 Å². The maximum absolute atomic E-state index is 12.9. The molecule has 0 spiro atoms. The van der Waals surface area contributed by atoms with E-state index < -0.39 is 12.1 Å². The number of rotatable bonds is 1. The van der Waals surface area contributed by atoms with Crippen molar-refractivity contribution in [2.45, 2.75) is 45.3 Å². The van der Waals surface area contributed by atoms with Gasteiger partial charge in [0.2, 0.25) is 0 Å². The second-order valence-electron chi connectivity index (χ2n) is 6.36. The lowest BCUT2D eigenvalue weighted by molar-refractivity contribution is -0.177. The number of hydrogen-bond acceptors (Lipinski definition) is 2. The zero-order chi connectivity index (χ0) is 14.0. The Hall–Kier alpha value is -0.290. The second-order valence-corrected chi connectivity index (χ2v) is 6.36. The van der Waals surface area contributed by atoms with Crippen molar-refractivity contribution in [2.75, 3.05) is 26.2 Å². The van der Waals surface area contributed by atoms with Crippen molar-refractivity contribution in [2.24, 2.45) is 17.8 Å². The molecule has 0 amide bonds. The van der Waals surface area contributed by atoms with Gasteiger partial charge in [-0.25, -0.2) is 0 Å². The van der Waals surface area contributed by atoms with Crippen LogP contribution in [0.25, 0.3) is 0 Å². The number of halogens is 3. The SMILES string of the molecule is CC1CCC(N2CCNCC(C(F)(F)F)C2)CC1C. The van der Waals surface area contributed by atoms with Crippen molar-refractivity contribution in [1.29, 1.82) is 0 Å². The van der Waals surface area contributed by atoms with E-state index in [9.17, 15) is 13.2 Å². The molecule has 19 heavy (non-hydrogen) atoms. The van der Waals surface area contributed by atoms with Crippen molar-refractivity contribution in [3.05, 3.63) is 0 Å². The number of hydrogen-bond donors (Lipinski definition) is 1. The fourth-order valence-electron chi connectivity index (χ4n) is 3.34. The molecule has 0 aromatic rings. The molecule has 1 heterocycles. The molecule has 4 unspecified atom stereocenters. The third-order valence-corrected chi connectivity index (χ3v) is 4.97. The van der Waals surface area contributed by atoms with E-state index in [2.05, 4.69) is 24.1 Å². The molecule has 4 atom stereocenters. The predicted molar refractivity (Wildman–Crippen MR) is 70.0 cm³/mol. The minimum Gasteiger partial charge on any atom is -0.315 e. The summed E-state index contributed by atoms with van der Waals surface area (Å²) in [5.41, 5.74) is 0. The van der Waals surface area contributed by atoms with Gasteiger partial charge in [0, 0.05) is 32.2 Å². The molecule has 1 aliphatic heterocycles. The summed E-state index contributed by atoms with van der Waals surface area (Å²) in [6.07, 6.45) is -0.836. The first kappa shape index (κ1) is 15.1. The Labute approximate surface area is 113 Å². The zero-order valence-corrected chi connectivity index (χ0v) is 11.8. The summed E-state index contributed by atoms with van der Waals surface area (Å²) in [6, 6.07) is 0.343. The molecule has 0 bridgehead atoms. The van der Waals surface area contributed by atoms with Crippen LogP contribution in [-0.4, -0.2) is 43.3 Å². The van der Waals surface area contributed by atoms with Gasteiger partial charge in [-0.2, -0.15) is 13.2 Å². The largest absolute Gasteiger partial charge is 0.394 e. The average Bonchev–Trinajstić information content (AvgIpc) is 2.58. The van der Waals surface area contributed by atoms with Gasteiger partial charge >= 0.3 is 6.18 Å². The molecule has 1 aliphatic carbocycles. The molecule has 1 saturated carbocycles. The van der Waals surface area contributed by atoms with E-state index in [0.29, 0.717) is 24.4 Å². The zero-order valence-electron chi connectivity index (χ0n) is 11.8. The maximum atomic E-state index is 12.9. The van der Waals surface area contributed by atoms with Crippen molar-refractivity contribution in [3.8, 4) is 0 Å². The second kappa shape index (κ2) is 6.00. The standard InChI is InChI=1S/C14H25F3N2/c1-10-3-4-13(7-11(10)2)19-6-5-18-8-12(9-19)14(15,16)17/h10-13,18H,3-9H2,1-2H3. The lowest BCUT2D eigenvalue weighted by atomic mass is 9.78. The van der Waals surface area contributed by atoms with E-state index in [-0.39, 0.29) is 13.1 Å². The Morgan fingerprint density at radius 2 is 1.84 bits per heavy atom. The van der Waals surface area contributed by atoms with Crippen LogP contribution in [-0.2, 0) is 0 Å². The Kier molecular flexibility index (Phi) is 4.77. The van der Waals surface area contributed by atoms with Gasteiger partial charge in [-0.15, -0.1) is 0 Å². The normalized spacial score (nSPS) is 39.0. The first-order valence-electron chi connectivity index (χ1n) is 7.39. The van der Waals surface area contributed by atoms with Gasteiger partial charge in [-0.1, -0.05) is 13.8 Å². The van der Waals surface area contributed by atoms with Crippen LogP contribution in [0, 0.1) is 17.8 Å². The fourth-order valence-corrected chi connectivity index (χ4v) is 3.34. The van der Waals surface area contributed by atoms with Crippen molar-refractivity contribution >= 4 is 0 Å². The van der Waals surface area contributed by atoms with Gasteiger partial charge in [0.1, 0.15) is 0 Å². The molecule has 1 saturated heterocycles. The van der Waals surface area contributed by atoms with Crippen LogP contribution < -0.4 is 5.32 Å². The van der Waals surface area contributed by atoms with Gasteiger partial charge in [-0.3, -0.25) is 4.90 Å². The van der Waals surface area contributed by atoms with E-state index in [1.807, 2.05) is 0 Å². The third kappa shape index (κ3) is 3.85. The van der Waals surface area contributed by atoms with E-state index in [1.165, 1.54) is 0 Å². The molecule has 5 heteroatoms. The summed E-state index contributed by atoms with van der Waals surface area (Å²) >= 11 is 0. The highest BCUT2D eigenvalue weighted by Crippen LogP contribution is 2.34. The summed E-state index contributed by atoms with van der Waals surface area (Å²) < 4.78 is 38.8. The van der Waals surface area contributed by atoms with E-state index in [4.69, 9.17) is 0 Å². The Morgan fingerprint density at radius 1 is 1.11 bits per heavy atom. The molecule has 112 valence electrons. The lowest BCUT2D eigenvalue weighted by Gasteiger charge is -2.39. The molecular formula is C14H25F3N2. The molecule has 2 rings (SSSR count). The van der Waals surface area contributed by atoms with Crippen molar-refractivity contribution < 1.29 is 13.2 Å². The summed E-state index contributed by atoms with van der Waals surface area (Å²) in [7, 11) is 0. The van der Waals surface area contributed by atoms with Crippen LogP contribution >= 0.6 is 0 Å². The molecular weight excluding hydrogens is 253 g/mol. The molecule has 2 nitrogen and oxygen atoms in total. The van der Waals surface area contributed by atoms with E-state index in [1.54, 1.807) is 0 Å². The van der Waals surface area contributed by atoms with Gasteiger partial charge in [-0.05, 0) is 31.1 Å². The third-order valence-electron chi connectivity index (χ3n) is 4.97. The summed E-state index contributed by atoms with van der Waals surface area (Å²) in [5.74, 6) is 0.115. The van der Waals surface area contributed by atoms with Crippen LogP contribution in [0.3, 0.4) is 0 Å². The topological polar surface area (TPSA) is 15.3 Å². The fraction of sp³-hybridized carbons (Fsp3) is 1.00. The van der Waals surface area contributed by atoms with E-state index in [0.717, 1.165) is 25.8 Å². The van der Waals surface area contributed by atoms with Crippen molar-refractivity contribution in [1.82, 2.24) is 10.2 Å². The van der Waals surface area contributed by atoms with Gasteiger partial charge in [0.05, 0.1) is 5.92 Å². The monoisotopic (exact) mass is 278 g/mol. The van der Waals surface area contributed by atoms with Crippen molar-refractivity contribution in [3.63, 3.8) is 0 Å². The van der Waals surface area contributed by atoms with Crippen LogP contribution in [0.15, 0.2) is 0 Å². The predicted octanol–water partition coefficient (Wildman–Crippen LogP) is 2.89. The maximum Gasteiger partial charge on any atom is 0.394 e. The quantitative estimate of drug-likeness (QED) is 0.793. The molecule has 0 radical (unpaired) electrons. The molecule has 0 aromatic heterocycles. The summed E-state index contributed by atoms with van der Waals surface area (Å²) in [6.45, 7) is 6.14. The number of nitrogens with zero attached hydrogens (tertiary/aromatic N) is 1. The van der Waals surface area contributed by atoms with Crippen LogP contribution in [0.1, 0.15) is 33.1 Å². The Balaban J connectivity index is 1.98. The lowest BCUT2D eigenvalue weighted by Crippen LogP contribution is -2.45. The van der Waals surface area contributed by atoms with Crippen LogP contribution in [0.2, 0.25) is 0 Å². The van der Waals surface area contributed by atoms with E-state index >= 15 is 0 Å². The van der Waals surface area contributed by atoms with Crippen LogP contribution in [0.5, 0.6) is 0 Å². The summed E-state index contributed by atoms with van der Waals surface area (Å²) in [5, 5.41) is 2.93. The molecule has 2 aliphatic rings. The van der Waals surface area contributed by atoms with Crippen LogP contribution in [0.4, 0.5) is 13.2 Å². The molecule has 0 aromatic carbocycles. The average molecular weight is 278 g/mol. The Morgan fingerprint density at radius 3 is 2.47 bits per heavy atom. The Bertz CT molecular complexity index is 293. The number of nitrogens with one attached hydrogen (secondary N) is 1. The smallest absolute Gasteiger partial charge is 0.315 e. The highest BCUT2D eigenvalue weighted by molar-refractivity contribution is 4.86. The minimum absolute atomic E-state index is 0.0681.